The summed E-state index contributed by atoms with van der Waals surface area (Å²) in [5.41, 5.74) is 0.410. The van der Waals surface area contributed by atoms with Crippen LogP contribution in [0.15, 0.2) is 24.3 Å². The van der Waals surface area contributed by atoms with Gasteiger partial charge in [0.05, 0.1) is 0 Å². The van der Waals surface area contributed by atoms with Crippen LogP contribution in [0.4, 0.5) is 0 Å². The van der Waals surface area contributed by atoms with E-state index in [9.17, 15) is 13.5 Å². The van der Waals surface area contributed by atoms with Crippen molar-refractivity contribution in [1.29, 1.82) is 0 Å². The van der Waals surface area contributed by atoms with Crippen molar-refractivity contribution in [3.8, 4) is 0 Å². The number of hydrogen-bond donors (Lipinski definition) is 1. The van der Waals surface area contributed by atoms with Gasteiger partial charge in [0.2, 0.25) is 0 Å². The molecule has 0 heterocycles. The number of aliphatic hydroxyl groups is 1. The van der Waals surface area contributed by atoms with Gasteiger partial charge in [0, 0.05) is 11.3 Å². The Balaban J connectivity index is 3.12. The minimum atomic E-state index is -3.58. The summed E-state index contributed by atoms with van der Waals surface area (Å²) in [5.74, 6) is 0. The Morgan fingerprint density at radius 1 is 1.31 bits per heavy atom. The van der Waals surface area contributed by atoms with Crippen molar-refractivity contribution in [3.63, 3.8) is 0 Å². The van der Waals surface area contributed by atoms with Gasteiger partial charge in [0.25, 0.3) is 0 Å². The topological polar surface area (TPSA) is 54.4 Å². The first-order valence-corrected chi connectivity index (χ1v) is 7.13. The van der Waals surface area contributed by atoms with Gasteiger partial charge in [-0.25, -0.2) is 8.42 Å². The lowest BCUT2D eigenvalue weighted by atomic mass is 10.1. The van der Waals surface area contributed by atoms with Crippen LogP contribution in [-0.2, 0) is 9.84 Å². The lowest BCUT2D eigenvalue weighted by Gasteiger charge is -2.26. The van der Waals surface area contributed by atoms with Crippen molar-refractivity contribution in [2.45, 2.75) is 17.2 Å². The average molecular weight is 283 g/mol. The maximum absolute atomic E-state index is 11.4. The van der Waals surface area contributed by atoms with Crippen LogP contribution in [0.1, 0.15) is 18.6 Å². The molecule has 0 saturated carbocycles. The first-order valence-electron chi connectivity index (χ1n) is 4.48. The highest BCUT2D eigenvalue weighted by atomic mass is 35.5. The number of rotatable bonds is 3. The molecule has 0 aliphatic carbocycles. The molecule has 0 aliphatic heterocycles. The molecule has 0 aromatic heterocycles. The second kappa shape index (κ2) is 4.53. The molecule has 0 radical (unpaired) electrons. The van der Waals surface area contributed by atoms with Gasteiger partial charge in [-0.3, -0.25) is 0 Å². The van der Waals surface area contributed by atoms with Gasteiger partial charge < -0.3 is 5.11 Å². The smallest absolute Gasteiger partial charge is 0.172 e. The van der Waals surface area contributed by atoms with Gasteiger partial charge in [0.1, 0.15) is 6.10 Å². The number of benzene rings is 1. The van der Waals surface area contributed by atoms with E-state index >= 15 is 0 Å². The Morgan fingerprint density at radius 3 is 2.12 bits per heavy atom. The number of aliphatic hydroxyl groups excluding tert-OH is 1. The van der Waals surface area contributed by atoms with Crippen LogP contribution < -0.4 is 0 Å². The van der Waals surface area contributed by atoms with Gasteiger partial charge in [-0.1, -0.05) is 35.3 Å². The van der Waals surface area contributed by atoms with Crippen molar-refractivity contribution in [2.24, 2.45) is 0 Å². The zero-order valence-corrected chi connectivity index (χ0v) is 11.1. The van der Waals surface area contributed by atoms with E-state index in [1.54, 1.807) is 24.3 Å². The van der Waals surface area contributed by atoms with E-state index in [0.717, 1.165) is 6.26 Å². The minimum absolute atomic E-state index is 0.410. The first kappa shape index (κ1) is 13.8. The number of hydrogen-bond acceptors (Lipinski definition) is 3. The SMILES string of the molecule is C[C@@](Cl)([C@@H](O)c1ccc(Cl)cc1)S(C)(=O)=O. The number of alkyl halides is 1. The highest BCUT2D eigenvalue weighted by Crippen LogP contribution is 2.36. The fourth-order valence-corrected chi connectivity index (χ4v) is 1.94. The molecule has 1 rings (SSSR count). The van der Waals surface area contributed by atoms with Crippen LogP contribution in [0.3, 0.4) is 0 Å². The van der Waals surface area contributed by atoms with Gasteiger partial charge >= 0.3 is 0 Å². The predicted octanol–water partition coefficient (Wildman–Crippen LogP) is 2.37. The molecular formula is C10H12Cl2O3S. The fraction of sp³-hybridized carbons (Fsp3) is 0.400. The Hall–Kier alpha value is -0.290. The van der Waals surface area contributed by atoms with Crippen LogP contribution in [0, 0.1) is 0 Å². The third kappa shape index (κ3) is 2.69. The fourth-order valence-electron chi connectivity index (χ4n) is 1.15. The maximum atomic E-state index is 11.4. The van der Waals surface area contributed by atoms with Crippen molar-refractivity contribution in [2.75, 3.05) is 6.26 Å². The molecule has 0 saturated heterocycles. The van der Waals surface area contributed by atoms with E-state index in [1.165, 1.54) is 6.92 Å². The van der Waals surface area contributed by atoms with Crippen LogP contribution in [0.5, 0.6) is 0 Å². The van der Waals surface area contributed by atoms with Crippen molar-refractivity contribution >= 4 is 33.0 Å². The first-order chi connectivity index (χ1) is 7.16. The summed E-state index contributed by atoms with van der Waals surface area (Å²) < 4.78 is 21.1. The molecule has 1 aromatic carbocycles. The molecule has 1 aromatic rings. The Morgan fingerprint density at radius 2 is 1.75 bits per heavy atom. The van der Waals surface area contributed by atoms with Crippen LogP contribution in [0.2, 0.25) is 5.02 Å². The molecule has 0 unspecified atom stereocenters. The van der Waals surface area contributed by atoms with Crippen LogP contribution in [-0.4, -0.2) is 24.0 Å². The molecule has 0 bridgehead atoms. The quantitative estimate of drug-likeness (QED) is 0.866. The Kier molecular flexibility index (Phi) is 3.90. The number of sulfone groups is 1. The van der Waals surface area contributed by atoms with Gasteiger partial charge in [-0.15, -0.1) is 0 Å². The third-order valence-corrected chi connectivity index (χ3v) is 5.37. The maximum Gasteiger partial charge on any atom is 0.172 e. The van der Waals surface area contributed by atoms with Gasteiger partial charge in [-0.05, 0) is 24.6 Å². The summed E-state index contributed by atoms with van der Waals surface area (Å²) >= 11 is 11.6. The summed E-state index contributed by atoms with van der Waals surface area (Å²) in [6.07, 6.45) is -0.319. The third-order valence-electron chi connectivity index (χ3n) is 2.40. The molecule has 2 atom stereocenters. The van der Waals surface area contributed by atoms with Crippen molar-refractivity contribution in [3.05, 3.63) is 34.9 Å². The molecule has 90 valence electrons. The highest BCUT2D eigenvalue weighted by molar-refractivity contribution is 7.93. The number of halogens is 2. The van der Waals surface area contributed by atoms with Crippen LogP contribution >= 0.6 is 23.2 Å². The van der Waals surface area contributed by atoms with E-state index in [2.05, 4.69) is 0 Å². The molecule has 16 heavy (non-hydrogen) atoms. The monoisotopic (exact) mass is 282 g/mol. The van der Waals surface area contributed by atoms with E-state index in [1.807, 2.05) is 0 Å². The summed E-state index contributed by atoms with van der Waals surface area (Å²) in [5, 5.41) is 10.4. The largest absolute Gasteiger partial charge is 0.385 e. The summed E-state index contributed by atoms with van der Waals surface area (Å²) in [4.78, 5) is 0. The van der Waals surface area contributed by atoms with E-state index in [0.29, 0.717) is 10.6 Å². The highest BCUT2D eigenvalue weighted by Gasteiger charge is 2.41. The predicted molar refractivity (Wildman–Crippen MR) is 65.5 cm³/mol. The second-order valence-electron chi connectivity index (χ2n) is 3.71. The van der Waals surface area contributed by atoms with Crippen LogP contribution in [0.25, 0.3) is 0 Å². The molecular weight excluding hydrogens is 271 g/mol. The lowest BCUT2D eigenvalue weighted by molar-refractivity contribution is 0.163. The molecule has 0 fully saturated rings. The van der Waals surface area contributed by atoms with E-state index in [-0.39, 0.29) is 0 Å². The summed E-state index contributed by atoms with van der Waals surface area (Å²) in [7, 11) is -3.58. The zero-order valence-electron chi connectivity index (χ0n) is 8.81. The molecule has 0 aliphatic rings. The normalized spacial score (nSPS) is 17.8. The van der Waals surface area contributed by atoms with E-state index in [4.69, 9.17) is 23.2 Å². The minimum Gasteiger partial charge on any atom is -0.385 e. The Labute approximate surface area is 105 Å². The lowest BCUT2D eigenvalue weighted by Crippen LogP contribution is -2.35. The standard InChI is InChI=1S/C10H12Cl2O3S/c1-10(12,16(2,14)15)9(13)7-3-5-8(11)6-4-7/h3-6,9,13H,1-2H3/t9-,10-/m0/s1. The van der Waals surface area contributed by atoms with E-state index < -0.39 is 20.1 Å². The summed E-state index contributed by atoms with van der Waals surface area (Å²) in [6, 6.07) is 6.21. The zero-order chi connectivity index (χ0) is 12.6. The molecule has 1 N–H and O–H groups in total. The molecule has 0 spiro atoms. The second-order valence-corrected chi connectivity index (χ2v) is 7.55. The van der Waals surface area contributed by atoms with Gasteiger partial charge in [-0.2, -0.15) is 0 Å². The average Bonchev–Trinajstić information content (AvgIpc) is 2.16. The molecule has 3 nitrogen and oxygen atoms in total. The molecule has 0 amide bonds. The van der Waals surface area contributed by atoms with Gasteiger partial charge in [0.15, 0.2) is 14.0 Å². The summed E-state index contributed by atoms with van der Waals surface area (Å²) in [6.45, 7) is 1.27. The van der Waals surface area contributed by atoms with Crippen molar-refractivity contribution in [1.82, 2.24) is 0 Å². The van der Waals surface area contributed by atoms with Crippen molar-refractivity contribution < 1.29 is 13.5 Å². The molecule has 6 heteroatoms. The Bertz CT molecular complexity index is 465.